The fourth-order valence-electron chi connectivity index (χ4n) is 3.63. The predicted octanol–water partition coefficient (Wildman–Crippen LogP) is 1.40. The molecule has 0 saturated carbocycles. The van der Waals surface area contributed by atoms with Gasteiger partial charge in [-0.3, -0.25) is 9.48 Å². The zero-order chi connectivity index (χ0) is 18.3. The molecule has 0 N–H and O–H groups in total. The lowest BCUT2D eigenvalue weighted by Gasteiger charge is -2.26. The van der Waals surface area contributed by atoms with Crippen LogP contribution in [0.2, 0.25) is 0 Å². The minimum atomic E-state index is -0.0405. The SMILES string of the molecule is COCc1nnc2n1CCN(C(=O)c1nn(C)c3ccccc13)[C@H](C)C2. The minimum Gasteiger partial charge on any atom is -0.377 e. The van der Waals surface area contributed by atoms with Crippen molar-refractivity contribution >= 4 is 16.8 Å². The minimum absolute atomic E-state index is 0.0177. The highest BCUT2D eigenvalue weighted by molar-refractivity contribution is 6.05. The van der Waals surface area contributed by atoms with E-state index >= 15 is 0 Å². The molecule has 0 radical (unpaired) electrons. The average molecular weight is 354 g/mol. The number of carbonyl (C=O) groups excluding carboxylic acids is 1. The number of fused-ring (bicyclic) bond motifs is 2. The third-order valence-electron chi connectivity index (χ3n) is 4.97. The number of benzene rings is 1. The van der Waals surface area contributed by atoms with Gasteiger partial charge in [-0.2, -0.15) is 5.10 Å². The van der Waals surface area contributed by atoms with Gasteiger partial charge >= 0.3 is 0 Å². The molecule has 8 nitrogen and oxygen atoms in total. The van der Waals surface area contributed by atoms with Crippen LogP contribution in [0.15, 0.2) is 24.3 Å². The van der Waals surface area contributed by atoms with E-state index in [-0.39, 0.29) is 11.9 Å². The first-order chi connectivity index (χ1) is 12.6. The Morgan fingerprint density at radius 3 is 2.88 bits per heavy atom. The van der Waals surface area contributed by atoms with Crippen LogP contribution in [0, 0.1) is 0 Å². The van der Waals surface area contributed by atoms with Crippen molar-refractivity contribution in [1.82, 2.24) is 29.4 Å². The maximum atomic E-state index is 13.3. The van der Waals surface area contributed by atoms with Gasteiger partial charge in [0.25, 0.3) is 5.91 Å². The van der Waals surface area contributed by atoms with Crippen LogP contribution in [-0.4, -0.2) is 55.0 Å². The fourth-order valence-corrected chi connectivity index (χ4v) is 3.63. The molecule has 0 bridgehead atoms. The van der Waals surface area contributed by atoms with Crippen molar-refractivity contribution in [3.63, 3.8) is 0 Å². The predicted molar refractivity (Wildman–Crippen MR) is 95.7 cm³/mol. The lowest BCUT2D eigenvalue weighted by Crippen LogP contribution is -2.40. The van der Waals surface area contributed by atoms with Gasteiger partial charge in [-0.05, 0) is 13.0 Å². The second-order valence-corrected chi connectivity index (χ2v) is 6.66. The van der Waals surface area contributed by atoms with Crippen LogP contribution in [0.1, 0.15) is 29.1 Å². The second-order valence-electron chi connectivity index (χ2n) is 6.66. The van der Waals surface area contributed by atoms with Crippen molar-refractivity contribution in [3.8, 4) is 0 Å². The molecule has 1 amide bonds. The van der Waals surface area contributed by atoms with E-state index in [1.165, 1.54) is 0 Å². The van der Waals surface area contributed by atoms with E-state index in [1.54, 1.807) is 11.8 Å². The lowest BCUT2D eigenvalue weighted by atomic mass is 10.1. The van der Waals surface area contributed by atoms with Gasteiger partial charge in [-0.15, -0.1) is 10.2 Å². The number of rotatable bonds is 3. The van der Waals surface area contributed by atoms with Crippen LogP contribution in [0.3, 0.4) is 0 Å². The van der Waals surface area contributed by atoms with Crippen LogP contribution in [0.5, 0.6) is 0 Å². The normalized spacial score (nSPS) is 17.3. The van der Waals surface area contributed by atoms with Crippen molar-refractivity contribution in [2.75, 3.05) is 13.7 Å². The summed E-state index contributed by atoms with van der Waals surface area (Å²) in [6, 6.07) is 7.83. The summed E-state index contributed by atoms with van der Waals surface area (Å²) < 4.78 is 9.02. The Hall–Kier alpha value is -2.74. The van der Waals surface area contributed by atoms with Crippen molar-refractivity contribution < 1.29 is 9.53 Å². The molecule has 8 heteroatoms. The number of hydrogen-bond donors (Lipinski definition) is 0. The molecule has 1 atom stereocenters. The third-order valence-corrected chi connectivity index (χ3v) is 4.97. The summed E-state index contributed by atoms with van der Waals surface area (Å²) in [7, 11) is 3.51. The Kier molecular flexibility index (Phi) is 4.20. The molecule has 2 aromatic heterocycles. The first-order valence-corrected chi connectivity index (χ1v) is 8.72. The quantitative estimate of drug-likeness (QED) is 0.710. The number of nitrogens with zero attached hydrogens (tertiary/aromatic N) is 6. The number of hydrogen-bond acceptors (Lipinski definition) is 5. The summed E-state index contributed by atoms with van der Waals surface area (Å²) in [5.74, 6) is 1.65. The summed E-state index contributed by atoms with van der Waals surface area (Å²) in [5.41, 5.74) is 1.46. The molecule has 3 aromatic rings. The van der Waals surface area contributed by atoms with E-state index < -0.39 is 0 Å². The Bertz CT molecular complexity index is 960. The number of amides is 1. The summed E-state index contributed by atoms with van der Waals surface area (Å²) in [6.07, 6.45) is 0.660. The molecule has 0 unspecified atom stereocenters. The van der Waals surface area contributed by atoms with Gasteiger partial charge in [0.15, 0.2) is 11.5 Å². The molecule has 3 heterocycles. The Labute approximate surface area is 151 Å². The zero-order valence-electron chi connectivity index (χ0n) is 15.2. The number of ether oxygens (including phenoxy) is 1. The highest BCUT2D eigenvalue weighted by Crippen LogP contribution is 2.22. The smallest absolute Gasteiger partial charge is 0.275 e. The fraction of sp³-hybridized carbons (Fsp3) is 0.444. The van der Waals surface area contributed by atoms with E-state index in [4.69, 9.17) is 4.74 Å². The highest BCUT2D eigenvalue weighted by Gasteiger charge is 2.30. The Morgan fingerprint density at radius 1 is 1.27 bits per heavy atom. The van der Waals surface area contributed by atoms with E-state index in [0.717, 1.165) is 22.6 Å². The molecular weight excluding hydrogens is 332 g/mol. The molecule has 4 rings (SSSR count). The van der Waals surface area contributed by atoms with Crippen molar-refractivity contribution in [2.45, 2.75) is 32.5 Å². The molecule has 1 aromatic carbocycles. The molecule has 0 aliphatic carbocycles. The summed E-state index contributed by atoms with van der Waals surface area (Å²) >= 11 is 0. The summed E-state index contributed by atoms with van der Waals surface area (Å²) in [5, 5.41) is 13.9. The van der Waals surface area contributed by atoms with Crippen molar-refractivity contribution in [1.29, 1.82) is 0 Å². The Morgan fingerprint density at radius 2 is 2.08 bits per heavy atom. The molecule has 0 fully saturated rings. The van der Waals surface area contributed by atoms with Gasteiger partial charge in [0.2, 0.25) is 0 Å². The number of aryl methyl sites for hydroxylation is 1. The van der Waals surface area contributed by atoms with Gasteiger partial charge in [-0.1, -0.05) is 18.2 Å². The van der Waals surface area contributed by atoms with E-state index in [9.17, 15) is 4.79 Å². The molecule has 26 heavy (non-hydrogen) atoms. The maximum absolute atomic E-state index is 13.3. The van der Waals surface area contributed by atoms with Crippen LogP contribution in [0.25, 0.3) is 10.9 Å². The monoisotopic (exact) mass is 354 g/mol. The van der Waals surface area contributed by atoms with Crippen LogP contribution >= 0.6 is 0 Å². The number of aromatic nitrogens is 5. The van der Waals surface area contributed by atoms with Crippen molar-refractivity contribution in [3.05, 3.63) is 41.6 Å². The zero-order valence-corrected chi connectivity index (χ0v) is 15.2. The largest absolute Gasteiger partial charge is 0.377 e. The van der Waals surface area contributed by atoms with Gasteiger partial charge in [0.05, 0.1) is 5.52 Å². The second kappa shape index (κ2) is 6.53. The third kappa shape index (κ3) is 2.66. The van der Waals surface area contributed by atoms with E-state index in [2.05, 4.69) is 19.9 Å². The van der Waals surface area contributed by atoms with Crippen LogP contribution in [-0.2, 0) is 31.4 Å². The number of methoxy groups -OCH3 is 1. The van der Waals surface area contributed by atoms with Gasteiger partial charge in [0, 0.05) is 45.1 Å². The van der Waals surface area contributed by atoms with Crippen molar-refractivity contribution in [2.24, 2.45) is 7.05 Å². The molecule has 0 spiro atoms. The van der Waals surface area contributed by atoms with E-state index in [0.29, 0.717) is 31.8 Å². The topological polar surface area (TPSA) is 78.1 Å². The molecule has 136 valence electrons. The highest BCUT2D eigenvalue weighted by atomic mass is 16.5. The van der Waals surface area contributed by atoms with Crippen LogP contribution < -0.4 is 0 Å². The first-order valence-electron chi connectivity index (χ1n) is 8.72. The van der Waals surface area contributed by atoms with Crippen LogP contribution in [0.4, 0.5) is 0 Å². The molecule has 1 aliphatic heterocycles. The Balaban J connectivity index is 1.64. The first kappa shape index (κ1) is 16.7. The average Bonchev–Trinajstić information content (AvgIpc) is 3.12. The number of para-hydroxylation sites is 1. The number of carbonyl (C=O) groups is 1. The van der Waals surface area contributed by atoms with Gasteiger partial charge < -0.3 is 14.2 Å². The summed E-state index contributed by atoms with van der Waals surface area (Å²) in [4.78, 5) is 15.1. The van der Waals surface area contributed by atoms with Gasteiger partial charge in [0.1, 0.15) is 12.4 Å². The lowest BCUT2D eigenvalue weighted by molar-refractivity contribution is 0.0690. The van der Waals surface area contributed by atoms with Gasteiger partial charge in [-0.25, -0.2) is 0 Å². The molecule has 1 aliphatic rings. The summed E-state index contributed by atoms with van der Waals surface area (Å²) in [6.45, 7) is 3.71. The maximum Gasteiger partial charge on any atom is 0.275 e. The van der Waals surface area contributed by atoms with E-state index in [1.807, 2.05) is 43.1 Å². The molecule has 0 saturated heterocycles. The standard InChI is InChI=1S/C18H22N6O2/c1-12-10-15-19-20-16(11-26-3)24(15)9-8-23(12)18(25)17-13-6-4-5-7-14(13)22(2)21-17/h4-7,12H,8-11H2,1-3H3/t12-/m1/s1. The molecular formula is C18H22N6O2.